The maximum absolute atomic E-state index is 13.7. The second-order valence-electron chi connectivity index (χ2n) is 17.6. The summed E-state index contributed by atoms with van der Waals surface area (Å²) in [7, 11) is 0. The molecule has 0 bridgehead atoms. The number of carbonyl (C=O) groups is 2. The van der Waals surface area contributed by atoms with Gasteiger partial charge in [-0.25, -0.2) is 44.6 Å². The number of amides is 2. The van der Waals surface area contributed by atoms with Gasteiger partial charge < -0.3 is 45.7 Å². The highest BCUT2D eigenvalue weighted by Gasteiger charge is 2.28. The van der Waals surface area contributed by atoms with Crippen LogP contribution in [0.2, 0.25) is 0 Å². The standard InChI is InChI=1S/C47H47N19O3/c48-40-38-39(30-3-4-37-36(18-30)58-44(49)69-37)60-66(41(38)57-27-56-40)25-28-1-2-31-26-65(8-6-29(31)17-28)43(68)34-23-53-45(54-24-34)62-11-9-61(10-12-62)42(67)33-21-51-46(52-22-33)63-13-15-64(16-14-63)47-55-20-32-19-50-7-5-35(32)59-47/h1-4,17-18,20-24,27,50H,5-16,19,25-26H2,(H2,49,58)(H2,48,56,57). The van der Waals surface area contributed by atoms with E-state index < -0.39 is 0 Å². The van der Waals surface area contributed by atoms with Crippen LogP contribution in [0.3, 0.4) is 0 Å². The number of piperazine rings is 2. The Balaban J connectivity index is 0.634. The Morgan fingerprint density at radius 1 is 0.652 bits per heavy atom. The van der Waals surface area contributed by atoms with Crippen molar-refractivity contribution in [3.63, 3.8) is 0 Å². The molecule has 69 heavy (non-hydrogen) atoms. The van der Waals surface area contributed by atoms with Gasteiger partial charge >= 0.3 is 0 Å². The van der Waals surface area contributed by atoms with Crippen molar-refractivity contribution in [1.82, 2.24) is 69.8 Å². The van der Waals surface area contributed by atoms with Crippen molar-refractivity contribution in [2.24, 2.45) is 0 Å². The van der Waals surface area contributed by atoms with Gasteiger partial charge in [-0.3, -0.25) is 9.59 Å². The molecule has 4 aliphatic heterocycles. The Hall–Kier alpha value is -8.40. The van der Waals surface area contributed by atoms with E-state index in [9.17, 15) is 9.59 Å². The molecule has 22 nitrogen and oxygen atoms in total. The summed E-state index contributed by atoms with van der Waals surface area (Å²) < 4.78 is 7.29. The van der Waals surface area contributed by atoms with Gasteiger partial charge in [0.05, 0.1) is 28.8 Å². The van der Waals surface area contributed by atoms with E-state index in [1.165, 1.54) is 17.5 Å². The monoisotopic (exact) mass is 925 g/mol. The Kier molecular flexibility index (Phi) is 10.6. The van der Waals surface area contributed by atoms with Crippen molar-refractivity contribution in [2.45, 2.75) is 32.5 Å². The van der Waals surface area contributed by atoms with E-state index >= 15 is 0 Å². The topological polar surface area (TPSA) is 261 Å². The highest BCUT2D eigenvalue weighted by molar-refractivity contribution is 5.99. The van der Waals surface area contributed by atoms with Crippen LogP contribution in [-0.2, 0) is 32.5 Å². The van der Waals surface area contributed by atoms with E-state index in [0.29, 0.717) is 109 Å². The number of carbonyl (C=O) groups excluding carboxylic acids is 2. The molecule has 0 spiro atoms. The second kappa shape index (κ2) is 17.4. The van der Waals surface area contributed by atoms with Gasteiger partial charge in [-0.05, 0) is 41.3 Å². The van der Waals surface area contributed by atoms with Crippen LogP contribution in [0.15, 0.2) is 78.1 Å². The Morgan fingerprint density at radius 3 is 2.07 bits per heavy atom. The molecule has 348 valence electrons. The largest absolute Gasteiger partial charge is 0.424 e. The molecule has 12 rings (SSSR count). The molecular weight excluding hydrogens is 879 g/mol. The van der Waals surface area contributed by atoms with Crippen molar-refractivity contribution in [3.05, 3.63) is 113 Å². The molecule has 0 saturated carbocycles. The molecule has 0 aliphatic carbocycles. The van der Waals surface area contributed by atoms with Gasteiger partial charge in [0.15, 0.2) is 11.2 Å². The molecule has 8 aromatic rings. The minimum atomic E-state index is -0.126. The molecule has 0 radical (unpaired) electrons. The zero-order chi connectivity index (χ0) is 46.6. The molecule has 10 heterocycles. The van der Waals surface area contributed by atoms with Crippen molar-refractivity contribution in [1.29, 1.82) is 0 Å². The fourth-order valence-corrected chi connectivity index (χ4v) is 9.64. The molecule has 2 fully saturated rings. The van der Waals surface area contributed by atoms with Crippen LogP contribution in [0.5, 0.6) is 0 Å². The summed E-state index contributed by atoms with van der Waals surface area (Å²) in [5.41, 5.74) is 21.9. The van der Waals surface area contributed by atoms with Gasteiger partial charge in [0.25, 0.3) is 17.8 Å². The minimum absolute atomic E-state index is 0.0919. The number of nitrogens with zero attached hydrogens (tertiary/aromatic N) is 16. The third-order valence-electron chi connectivity index (χ3n) is 13.4. The number of benzene rings is 2. The number of hydrogen-bond acceptors (Lipinski definition) is 19. The van der Waals surface area contributed by atoms with Crippen LogP contribution in [-0.4, -0.2) is 142 Å². The van der Waals surface area contributed by atoms with Crippen LogP contribution >= 0.6 is 0 Å². The fraction of sp³-hybridized carbons (Fsp3) is 0.319. The quantitative estimate of drug-likeness (QED) is 0.198. The van der Waals surface area contributed by atoms with E-state index in [4.69, 9.17) is 26.0 Å². The molecule has 6 aromatic heterocycles. The van der Waals surface area contributed by atoms with Crippen molar-refractivity contribution in [2.75, 3.05) is 91.6 Å². The molecule has 4 aliphatic rings. The summed E-state index contributed by atoms with van der Waals surface area (Å²) in [6, 6.07) is 11.9. The third kappa shape index (κ3) is 8.06. The summed E-state index contributed by atoms with van der Waals surface area (Å²) in [4.78, 5) is 78.1. The number of nitrogen functional groups attached to an aromatic ring is 2. The van der Waals surface area contributed by atoms with Gasteiger partial charge in [-0.15, -0.1) is 0 Å². The van der Waals surface area contributed by atoms with Crippen LogP contribution in [0.1, 0.15) is 48.7 Å². The SMILES string of the molecule is Nc1nc2cc(-c3nn(Cc4ccc5c(c4)CCN(C(=O)c4cnc(N6CCN(C(=O)c7cnc(N8CCN(c9ncc%10c(n9)CCNC%10)CC8)nc7)CC6)nc4)C5)c4ncnc(N)c34)ccc2o1. The van der Waals surface area contributed by atoms with E-state index in [1.807, 2.05) is 32.8 Å². The highest BCUT2D eigenvalue weighted by Crippen LogP contribution is 2.33. The predicted molar refractivity (Wildman–Crippen MR) is 255 cm³/mol. The highest BCUT2D eigenvalue weighted by atomic mass is 16.4. The first-order valence-corrected chi connectivity index (χ1v) is 23.0. The number of rotatable bonds is 8. The predicted octanol–water partition coefficient (Wildman–Crippen LogP) is 2.35. The van der Waals surface area contributed by atoms with E-state index in [1.54, 1.807) is 35.8 Å². The fourth-order valence-electron chi connectivity index (χ4n) is 9.64. The molecule has 5 N–H and O–H groups in total. The molecule has 0 atom stereocenters. The van der Waals surface area contributed by atoms with Gasteiger partial charge in [-0.2, -0.15) is 10.1 Å². The second-order valence-corrected chi connectivity index (χ2v) is 17.6. The molecule has 22 heteroatoms. The zero-order valence-electron chi connectivity index (χ0n) is 37.6. The number of oxazole rings is 1. The number of nitrogens with two attached hydrogens (primary N) is 2. The maximum atomic E-state index is 13.7. The molecule has 0 unspecified atom stereocenters. The Bertz CT molecular complexity index is 3250. The van der Waals surface area contributed by atoms with E-state index in [2.05, 4.69) is 73.2 Å². The summed E-state index contributed by atoms with van der Waals surface area (Å²) >= 11 is 0. The first kappa shape index (κ1) is 42.0. The Labute approximate surface area is 394 Å². The van der Waals surface area contributed by atoms with Crippen LogP contribution < -0.4 is 31.5 Å². The molecular formula is C47H47N19O3. The number of anilines is 5. The van der Waals surface area contributed by atoms with Gasteiger partial charge in [0.1, 0.15) is 23.4 Å². The third-order valence-corrected chi connectivity index (χ3v) is 13.4. The number of nitrogens with one attached hydrogen (secondary N) is 1. The summed E-state index contributed by atoms with van der Waals surface area (Å²) in [6.07, 6.45) is 11.4. The number of fused-ring (bicyclic) bond motifs is 4. The lowest BCUT2D eigenvalue weighted by Gasteiger charge is -2.35. The van der Waals surface area contributed by atoms with Gasteiger partial charge in [0.2, 0.25) is 17.8 Å². The average molecular weight is 926 g/mol. The molecule has 2 amide bonds. The van der Waals surface area contributed by atoms with Gasteiger partial charge in [-0.1, -0.05) is 18.2 Å². The van der Waals surface area contributed by atoms with Crippen molar-refractivity contribution in [3.8, 4) is 11.3 Å². The first-order valence-electron chi connectivity index (χ1n) is 23.0. The lowest BCUT2D eigenvalue weighted by molar-refractivity contribution is 0.0729. The van der Waals surface area contributed by atoms with Crippen LogP contribution in [0, 0.1) is 0 Å². The van der Waals surface area contributed by atoms with Gasteiger partial charge in [0, 0.05) is 127 Å². The molecule has 2 aromatic carbocycles. The number of hydrogen-bond donors (Lipinski definition) is 3. The normalized spacial score (nSPS) is 16.3. The van der Waals surface area contributed by atoms with Crippen LogP contribution in [0.25, 0.3) is 33.4 Å². The average Bonchev–Trinajstić information content (AvgIpc) is 3.97. The number of aromatic nitrogens is 11. The smallest absolute Gasteiger partial charge is 0.292 e. The maximum Gasteiger partial charge on any atom is 0.292 e. The summed E-state index contributed by atoms with van der Waals surface area (Å²) in [5.74, 6) is 1.99. The lowest BCUT2D eigenvalue weighted by Crippen LogP contribution is -2.49. The van der Waals surface area contributed by atoms with E-state index in [-0.39, 0.29) is 17.8 Å². The first-order chi connectivity index (χ1) is 33.8. The van der Waals surface area contributed by atoms with Crippen molar-refractivity contribution >= 4 is 63.6 Å². The summed E-state index contributed by atoms with van der Waals surface area (Å²) in [6.45, 7) is 8.28. The lowest BCUT2D eigenvalue weighted by atomic mass is 9.97. The van der Waals surface area contributed by atoms with Crippen LogP contribution in [0.4, 0.5) is 29.7 Å². The van der Waals surface area contributed by atoms with Crippen molar-refractivity contribution < 1.29 is 14.0 Å². The molecule has 2 saturated heterocycles. The van der Waals surface area contributed by atoms with E-state index in [0.717, 1.165) is 74.0 Å². The summed E-state index contributed by atoms with van der Waals surface area (Å²) in [5, 5.41) is 8.97. The zero-order valence-corrected chi connectivity index (χ0v) is 37.6. The minimum Gasteiger partial charge on any atom is -0.424 e. The Morgan fingerprint density at radius 2 is 1.33 bits per heavy atom.